The van der Waals surface area contributed by atoms with Gasteiger partial charge >= 0.3 is 0 Å². The summed E-state index contributed by atoms with van der Waals surface area (Å²) in [7, 11) is 1.97. The van der Waals surface area contributed by atoms with Crippen molar-refractivity contribution in [1.29, 1.82) is 0 Å². The summed E-state index contributed by atoms with van der Waals surface area (Å²) in [6, 6.07) is 15.6. The third-order valence-corrected chi connectivity index (χ3v) is 5.48. The molecule has 3 aromatic rings. The molecule has 0 radical (unpaired) electrons. The molecule has 1 saturated heterocycles. The van der Waals surface area contributed by atoms with E-state index in [0.29, 0.717) is 10.6 Å². The lowest BCUT2D eigenvalue weighted by molar-refractivity contribution is -0.113. The van der Waals surface area contributed by atoms with Crippen LogP contribution in [0.25, 0.3) is 17.0 Å². The summed E-state index contributed by atoms with van der Waals surface area (Å²) in [4.78, 5) is 27.0. The van der Waals surface area contributed by atoms with E-state index in [1.54, 1.807) is 0 Å². The highest BCUT2D eigenvalue weighted by Crippen LogP contribution is 2.36. The molecule has 4 rings (SSSR count). The Labute approximate surface area is 156 Å². The molecular weight excluding hydrogens is 344 g/mol. The van der Waals surface area contributed by atoms with Crippen molar-refractivity contribution in [1.82, 2.24) is 4.57 Å². The van der Waals surface area contributed by atoms with Crippen LogP contribution in [0.3, 0.4) is 0 Å². The Balaban J connectivity index is 1.71. The molecule has 0 aliphatic carbocycles. The number of aryl methyl sites for hydroxylation is 2. The zero-order valence-corrected chi connectivity index (χ0v) is 15.4. The second kappa shape index (κ2) is 6.50. The minimum atomic E-state index is -0.266. The lowest BCUT2D eigenvalue weighted by Gasteiger charge is -2.12. The Morgan fingerprint density at radius 1 is 1.04 bits per heavy atom. The maximum Gasteiger partial charge on any atom is 0.298 e. The molecule has 0 atom stereocenters. The number of amides is 2. The summed E-state index contributed by atoms with van der Waals surface area (Å²) in [5, 5.41) is 0.805. The number of fused-ring (bicyclic) bond motifs is 1. The average Bonchev–Trinajstić information content (AvgIpc) is 3.12. The molecule has 1 aromatic heterocycles. The highest BCUT2D eigenvalue weighted by Gasteiger charge is 2.36. The molecular formula is C21H18N2O2S. The van der Waals surface area contributed by atoms with E-state index in [1.807, 2.05) is 72.4 Å². The minimum absolute atomic E-state index is 0.259. The van der Waals surface area contributed by atoms with E-state index >= 15 is 0 Å². The highest BCUT2D eigenvalue weighted by atomic mass is 32.2. The van der Waals surface area contributed by atoms with Gasteiger partial charge in [0.15, 0.2) is 0 Å². The number of para-hydroxylation sites is 1. The number of rotatable bonds is 3. The van der Waals surface area contributed by atoms with E-state index in [9.17, 15) is 9.59 Å². The number of nitrogens with zero attached hydrogens (tertiary/aromatic N) is 2. The molecule has 2 heterocycles. The lowest BCUT2D eigenvalue weighted by Crippen LogP contribution is -2.27. The van der Waals surface area contributed by atoms with Crippen LogP contribution < -0.4 is 4.90 Å². The van der Waals surface area contributed by atoms with Gasteiger partial charge in [0.05, 0.1) is 10.6 Å². The zero-order valence-electron chi connectivity index (χ0n) is 14.6. The number of carbonyl (C=O) groups excluding carboxylic acids is 2. The molecule has 0 spiro atoms. The normalized spacial score (nSPS) is 16.2. The quantitative estimate of drug-likeness (QED) is 0.617. The number of benzene rings is 2. The van der Waals surface area contributed by atoms with E-state index in [4.69, 9.17) is 0 Å². The van der Waals surface area contributed by atoms with Gasteiger partial charge in [0.25, 0.3) is 11.1 Å². The van der Waals surface area contributed by atoms with Gasteiger partial charge in [-0.3, -0.25) is 9.59 Å². The van der Waals surface area contributed by atoms with Gasteiger partial charge in [0, 0.05) is 29.7 Å². The van der Waals surface area contributed by atoms with Crippen molar-refractivity contribution in [2.45, 2.75) is 13.3 Å². The van der Waals surface area contributed by atoms with Crippen LogP contribution in [-0.2, 0) is 18.3 Å². The first-order valence-electron chi connectivity index (χ1n) is 8.49. The van der Waals surface area contributed by atoms with Gasteiger partial charge in [-0.25, -0.2) is 4.90 Å². The SMILES string of the molecule is CCc1ccc(N2C(=O)S/C(=C\c3cn(C)c4ccccc34)C2=O)cc1. The summed E-state index contributed by atoms with van der Waals surface area (Å²) in [5.74, 6) is -0.266. The predicted octanol–water partition coefficient (Wildman–Crippen LogP) is 4.98. The first-order chi connectivity index (χ1) is 12.6. The summed E-state index contributed by atoms with van der Waals surface area (Å²) < 4.78 is 2.02. The third kappa shape index (κ3) is 2.74. The van der Waals surface area contributed by atoms with E-state index < -0.39 is 0 Å². The molecule has 130 valence electrons. The number of thioether (sulfide) groups is 1. The van der Waals surface area contributed by atoms with Gasteiger partial charge in [0.1, 0.15) is 0 Å². The van der Waals surface area contributed by atoms with Crippen LogP contribution in [0.15, 0.2) is 59.6 Å². The topological polar surface area (TPSA) is 42.3 Å². The number of carbonyl (C=O) groups is 2. The highest BCUT2D eigenvalue weighted by molar-refractivity contribution is 8.19. The summed E-state index contributed by atoms with van der Waals surface area (Å²) in [6.45, 7) is 2.07. The van der Waals surface area contributed by atoms with E-state index in [2.05, 4.69) is 6.92 Å². The van der Waals surface area contributed by atoms with Crippen molar-refractivity contribution in [3.63, 3.8) is 0 Å². The fraction of sp³-hybridized carbons (Fsp3) is 0.143. The molecule has 1 aliphatic heterocycles. The molecule has 0 saturated carbocycles. The molecule has 5 heteroatoms. The van der Waals surface area contributed by atoms with Gasteiger partial charge in [-0.2, -0.15) is 0 Å². The third-order valence-electron chi connectivity index (χ3n) is 4.61. The van der Waals surface area contributed by atoms with Crippen LogP contribution in [-0.4, -0.2) is 15.7 Å². The molecule has 0 bridgehead atoms. The first-order valence-corrected chi connectivity index (χ1v) is 9.31. The molecule has 0 unspecified atom stereocenters. The first kappa shape index (κ1) is 16.7. The van der Waals surface area contributed by atoms with Crippen molar-refractivity contribution in [3.05, 3.63) is 70.8 Å². The molecule has 1 aliphatic rings. The monoisotopic (exact) mass is 362 g/mol. The second-order valence-corrected chi connectivity index (χ2v) is 7.24. The number of anilines is 1. The number of hydrogen-bond donors (Lipinski definition) is 0. The molecule has 4 nitrogen and oxygen atoms in total. The lowest BCUT2D eigenvalue weighted by atomic mass is 10.1. The summed E-state index contributed by atoms with van der Waals surface area (Å²) >= 11 is 0.989. The molecule has 2 amide bonds. The maximum absolute atomic E-state index is 12.8. The maximum atomic E-state index is 12.8. The fourth-order valence-electron chi connectivity index (χ4n) is 3.20. The van der Waals surface area contributed by atoms with Crippen LogP contribution >= 0.6 is 11.8 Å². The molecule has 1 fully saturated rings. The van der Waals surface area contributed by atoms with Crippen LogP contribution in [0.2, 0.25) is 0 Å². The molecule has 26 heavy (non-hydrogen) atoms. The Bertz CT molecular complexity index is 1050. The zero-order chi connectivity index (χ0) is 18.3. The average molecular weight is 362 g/mol. The Morgan fingerprint density at radius 2 is 1.77 bits per heavy atom. The summed E-state index contributed by atoms with van der Waals surface area (Å²) in [5.41, 5.74) is 3.82. The van der Waals surface area contributed by atoms with Crippen LogP contribution in [0.5, 0.6) is 0 Å². The van der Waals surface area contributed by atoms with E-state index in [1.165, 1.54) is 10.5 Å². The van der Waals surface area contributed by atoms with Crippen molar-refractivity contribution in [2.75, 3.05) is 4.90 Å². The Hall–Kier alpha value is -2.79. The number of imide groups is 1. The number of hydrogen-bond acceptors (Lipinski definition) is 3. The van der Waals surface area contributed by atoms with Crippen molar-refractivity contribution >= 4 is 45.6 Å². The molecule has 2 aromatic carbocycles. The molecule has 0 N–H and O–H groups in total. The van der Waals surface area contributed by atoms with Crippen molar-refractivity contribution in [3.8, 4) is 0 Å². The Kier molecular flexibility index (Phi) is 4.17. The van der Waals surface area contributed by atoms with Gasteiger partial charge < -0.3 is 4.57 Å². The largest absolute Gasteiger partial charge is 0.350 e. The number of aromatic nitrogens is 1. The van der Waals surface area contributed by atoms with Gasteiger partial charge in [-0.05, 0) is 48.0 Å². The van der Waals surface area contributed by atoms with Crippen molar-refractivity contribution in [2.24, 2.45) is 7.05 Å². The van der Waals surface area contributed by atoms with Crippen LogP contribution in [0.1, 0.15) is 18.1 Å². The summed E-state index contributed by atoms with van der Waals surface area (Å²) in [6.07, 6.45) is 4.71. The fourth-order valence-corrected chi connectivity index (χ4v) is 4.03. The van der Waals surface area contributed by atoms with Crippen LogP contribution in [0, 0.1) is 0 Å². The predicted molar refractivity (Wildman–Crippen MR) is 107 cm³/mol. The van der Waals surface area contributed by atoms with E-state index in [0.717, 1.165) is 34.6 Å². The Morgan fingerprint density at radius 3 is 2.50 bits per heavy atom. The van der Waals surface area contributed by atoms with Crippen LogP contribution in [0.4, 0.5) is 10.5 Å². The van der Waals surface area contributed by atoms with Gasteiger partial charge in [-0.15, -0.1) is 0 Å². The standard InChI is InChI=1S/C21H18N2O2S/c1-3-14-8-10-16(11-9-14)23-20(24)19(26-21(23)25)12-15-13-22(2)18-7-5-4-6-17(15)18/h4-13H,3H2,1-2H3/b19-12-. The van der Waals surface area contributed by atoms with Gasteiger partial charge in [0.2, 0.25) is 0 Å². The van der Waals surface area contributed by atoms with Crippen molar-refractivity contribution < 1.29 is 9.59 Å². The van der Waals surface area contributed by atoms with Gasteiger partial charge in [-0.1, -0.05) is 37.3 Å². The van der Waals surface area contributed by atoms with E-state index in [-0.39, 0.29) is 11.1 Å². The minimum Gasteiger partial charge on any atom is -0.350 e. The smallest absolute Gasteiger partial charge is 0.298 e. The second-order valence-electron chi connectivity index (χ2n) is 6.25.